The van der Waals surface area contributed by atoms with Crippen molar-refractivity contribution < 1.29 is 26.4 Å². The van der Waals surface area contributed by atoms with Gasteiger partial charge < -0.3 is 4.74 Å². The predicted octanol–water partition coefficient (Wildman–Crippen LogP) is 0.425. The Bertz CT molecular complexity index is 832. The highest BCUT2D eigenvalue weighted by Crippen LogP contribution is 2.36. The fraction of sp³-hybridized carbons (Fsp3) is 0.462. The lowest BCUT2D eigenvalue weighted by Crippen LogP contribution is -2.43. The van der Waals surface area contributed by atoms with Gasteiger partial charge in [-0.05, 0) is 30.7 Å². The van der Waals surface area contributed by atoms with Crippen LogP contribution in [0.2, 0.25) is 0 Å². The van der Waals surface area contributed by atoms with Gasteiger partial charge >= 0.3 is 6.09 Å². The zero-order chi connectivity index (χ0) is 16.8. The summed E-state index contributed by atoms with van der Waals surface area (Å²) < 4.78 is 54.5. The zero-order valence-electron chi connectivity index (χ0n) is 12.3. The Balaban J connectivity index is 1.80. The summed E-state index contributed by atoms with van der Waals surface area (Å²) in [6.45, 7) is 0.0114. The number of sulfonamides is 1. The Labute approximate surface area is 134 Å². The van der Waals surface area contributed by atoms with E-state index in [1.165, 1.54) is 35.7 Å². The van der Waals surface area contributed by atoms with E-state index >= 15 is 0 Å². The summed E-state index contributed by atoms with van der Waals surface area (Å²) in [5, 5.41) is 1.83. The standard InChI is InChI=1S/C13H16N2O6S2/c1-21-13(16)14-9-2-4-11(5-3-9)23(19,20)15-7-12-6-10(15)8-22(12,17)18/h2-5,10,12H,6-8H2,1H3,(H,14,16). The number of nitrogens with one attached hydrogen (secondary N) is 1. The largest absolute Gasteiger partial charge is 0.453 e. The Hall–Kier alpha value is -1.65. The minimum Gasteiger partial charge on any atom is -0.453 e. The molecule has 1 aromatic carbocycles. The highest BCUT2D eigenvalue weighted by molar-refractivity contribution is 7.93. The lowest BCUT2D eigenvalue weighted by Gasteiger charge is -2.26. The van der Waals surface area contributed by atoms with Crippen LogP contribution in [0.5, 0.6) is 0 Å². The average Bonchev–Trinajstić information content (AvgIpc) is 3.04. The summed E-state index contributed by atoms with van der Waals surface area (Å²) in [7, 11) is -5.67. The van der Waals surface area contributed by atoms with Crippen molar-refractivity contribution in [2.24, 2.45) is 0 Å². The molecule has 1 amide bonds. The van der Waals surface area contributed by atoms with Crippen molar-refractivity contribution in [3.8, 4) is 0 Å². The first kappa shape index (κ1) is 16.2. The molecule has 3 rings (SSSR count). The van der Waals surface area contributed by atoms with Gasteiger partial charge in [0.2, 0.25) is 10.0 Å². The summed E-state index contributed by atoms with van der Waals surface area (Å²) in [4.78, 5) is 11.2. The molecule has 0 radical (unpaired) electrons. The second kappa shape index (κ2) is 5.46. The minimum absolute atomic E-state index is 0.0114. The fourth-order valence-electron chi connectivity index (χ4n) is 2.97. The molecule has 1 N–H and O–H groups in total. The van der Waals surface area contributed by atoms with Crippen molar-refractivity contribution in [2.75, 3.05) is 24.7 Å². The lowest BCUT2D eigenvalue weighted by molar-refractivity contribution is 0.187. The van der Waals surface area contributed by atoms with Crippen LogP contribution in [0.25, 0.3) is 0 Å². The molecule has 2 fully saturated rings. The summed E-state index contributed by atoms with van der Waals surface area (Å²) >= 11 is 0. The first-order chi connectivity index (χ1) is 10.7. The van der Waals surface area contributed by atoms with Crippen molar-refractivity contribution in [1.29, 1.82) is 0 Å². The number of fused-ring (bicyclic) bond motifs is 2. The number of sulfone groups is 1. The molecule has 126 valence electrons. The maximum absolute atomic E-state index is 12.6. The van der Waals surface area contributed by atoms with Gasteiger partial charge in [-0.2, -0.15) is 4.31 Å². The molecule has 0 aromatic heterocycles. The number of hydrogen-bond donors (Lipinski definition) is 1. The third kappa shape index (κ3) is 2.81. The Morgan fingerprint density at radius 3 is 2.43 bits per heavy atom. The van der Waals surface area contributed by atoms with Crippen molar-refractivity contribution in [3.05, 3.63) is 24.3 Å². The summed E-state index contributed by atoms with van der Waals surface area (Å²) in [5.74, 6) is -0.112. The van der Waals surface area contributed by atoms with E-state index in [-0.39, 0.29) is 17.2 Å². The van der Waals surface area contributed by atoms with Gasteiger partial charge in [0, 0.05) is 18.3 Å². The van der Waals surface area contributed by atoms with E-state index in [4.69, 9.17) is 0 Å². The number of benzene rings is 1. The minimum atomic E-state index is -3.75. The molecule has 2 bridgehead atoms. The predicted molar refractivity (Wildman–Crippen MR) is 82.3 cm³/mol. The quantitative estimate of drug-likeness (QED) is 0.837. The van der Waals surface area contributed by atoms with Crippen LogP contribution in [0.4, 0.5) is 10.5 Å². The number of amides is 1. The normalized spacial score (nSPS) is 26.1. The highest BCUT2D eigenvalue weighted by atomic mass is 32.2. The number of anilines is 1. The molecule has 2 aliphatic rings. The van der Waals surface area contributed by atoms with Gasteiger partial charge in [0.25, 0.3) is 0 Å². The molecule has 2 heterocycles. The van der Waals surface area contributed by atoms with Gasteiger partial charge in [-0.3, -0.25) is 5.32 Å². The number of carbonyl (C=O) groups is 1. The van der Waals surface area contributed by atoms with Crippen molar-refractivity contribution in [3.63, 3.8) is 0 Å². The van der Waals surface area contributed by atoms with Gasteiger partial charge in [0.15, 0.2) is 9.84 Å². The summed E-state index contributed by atoms with van der Waals surface area (Å²) in [5.41, 5.74) is 0.404. The third-order valence-electron chi connectivity index (χ3n) is 4.15. The van der Waals surface area contributed by atoms with Crippen LogP contribution in [-0.2, 0) is 24.6 Å². The molecule has 1 aromatic rings. The second-order valence-electron chi connectivity index (χ2n) is 5.56. The summed E-state index contributed by atoms with van der Waals surface area (Å²) in [6.07, 6.45) is -0.286. The first-order valence-electron chi connectivity index (χ1n) is 6.92. The topological polar surface area (TPSA) is 110 Å². The lowest BCUT2D eigenvalue weighted by atomic mass is 10.3. The maximum Gasteiger partial charge on any atom is 0.411 e. The molecule has 2 unspecified atom stereocenters. The van der Waals surface area contributed by atoms with E-state index in [0.29, 0.717) is 12.1 Å². The van der Waals surface area contributed by atoms with Gasteiger partial charge in [-0.1, -0.05) is 0 Å². The number of hydrogen-bond acceptors (Lipinski definition) is 6. The molecular weight excluding hydrogens is 344 g/mol. The van der Waals surface area contributed by atoms with E-state index in [1.54, 1.807) is 0 Å². The van der Waals surface area contributed by atoms with Gasteiger partial charge in [-0.15, -0.1) is 0 Å². The Morgan fingerprint density at radius 2 is 1.96 bits per heavy atom. The fourth-order valence-corrected chi connectivity index (χ4v) is 6.87. The second-order valence-corrected chi connectivity index (χ2v) is 9.77. The molecular formula is C13H16N2O6S2. The van der Waals surface area contributed by atoms with Gasteiger partial charge in [-0.25, -0.2) is 21.6 Å². The van der Waals surface area contributed by atoms with Crippen LogP contribution in [0, 0.1) is 0 Å². The van der Waals surface area contributed by atoms with Crippen LogP contribution in [0.3, 0.4) is 0 Å². The average molecular weight is 360 g/mol. The molecule has 10 heteroatoms. The molecule has 0 spiro atoms. The molecule has 0 aliphatic carbocycles. The van der Waals surface area contributed by atoms with Crippen LogP contribution >= 0.6 is 0 Å². The van der Waals surface area contributed by atoms with Crippen molar-refractivity contribution in [2.45, 2.75) is 22.6 Å². The Morgan fingerprint density at radius 1 is 1.30 bits per heavy atom. The molecule has 0 saturated carbocycles. The molecule has 23 heavy (non-hydrogen) atoms. The number of rotatable bonds is 3. The Kier molecular flexibility index (Phi) is 3.85. The van der Waals surface area contributed by atoms with Crippen LogP contribution < -0.4 is 5.32 Å². The van der Waals surface area contributed by atoms with E-state index in [1.807, 2.05) is 0 Å². The highest BCUT2D eigenvalue weighted by Gasteiger charge is 2.52. The number of ether oxygens (including phenoxy) is 1. The van der Waals surface area contributed by atoms with Crippen LogP contribution in [-0.4, -0.2) is 57.9 Å². The monoisotopic (exact) mass is 360 g/mol. The van der Waals surface area contributed by atoms with E-state index in [2.05, 4.69) is 10.1 Å². The van der Waals surface area contributed by atoms with Gasteiger partial charge in [0.1, 0.15) is 0 Å². The van der Waals surface area contributed by atoms with Crippen LogP contribution in [0.15, 0.2) is 29.2 Å². The molecule has 2 saturated heterocycles. The van der Waals surface area contributed by atoms with Crippen LogP contribution in [0.1, 0.15) is 6.42 Å². The van der Waals surface area contributed by atoms with Crippen molar-refractivity contribution in [1.82, 2.24) is 4.31 Å². The SMILES string of the molecule is COC(=O)Nc1ccc(S(=O)(=O)N2CC3CC2CS3(=O)=O)cc1. The van der Waals surface area contributed by atoms with E-state index in [9.17, 15) is 21.6 Å². The molecule has 8 nitrogen and oxygen atoms in total. The number of nitrogens with zero attached hydrogens (tertiary/aromatic N) is 1. The van der Waals surface area contributed by atoms with Gasteiger partial charge in [0.05, 0.1) is 23.0 Å². The third-order valence-corrected chi connectivity index (χ3v) is 8.29. The van der Waals surface area contributed by atoms with E-state index < -0.39 is 37.2 Å². The maximum atomic E-state index is 12.6. The smallest absolute Gasteiger partial charge is 0.411 e. The number of methoxy groups -OCH3 is 1. The first-order valence-corrected chi connectivity index (χ1v) is 10.1. The van der Waals surface area contributed by atoms with E-state index in [0.717, 1.165) is 0 Å². The molecule has 2 atom stereocenters. The van der Waals surface area contributed by atoms with Crippen molar-refractivity contribution >= 4 is 31.6 Å². The zero-order valence-corrected chi connectivity index (χ0v) is 13.9. The summed E-state index contributed by atoms with van der Waals surface area (Å²) in [6, 6.07) is 5.18. The molecule has 2 aliphatic heterocycles. The number of carbonyl (C=O) groups excluding carboxylic acids is 1.